The lowest BCUT2D eigenvalue weighted by atomic mass is 10.1. The van der Waals surface area contributed by atoms with Crippen molar-refractivity contribution in [2.75, 3.05) is 19.6 Å². The minimum Gasteiger partial charge on any atom is -0.361 e. The standard InChI is InChI=1S/C28H34F3N3O2/c1-19(2)16-34(27(36)20(3)4)18-26(35)33(17-21-9-11-23(12-10-21)28(29,30)31)14-13-22-15-32-25-8-6-5-7-24(22)25/h5-12,15,19-20,32H,13-14,16-18H2,1-4H3. The SMILES string of the molecule is CC(C)CN(CC(=O)N(CCc1c[nH]c2ccccc12)Cc1ccc(C(F)(F)F)cc1)C(=O)C(C)C. The fraction of sp³-hybridized carbons (Fsp3) is 0.429. The molecule has 0 aliphatic carbocycles. The molecule has 0 aliphatic rings. The van der Waals surface area contributed by atoms with E-state index in [0.29, 0.717) is 25.1 Å². The Hall–Kier alpha value is -3.29. The quantitative estimate of drug-likeness (QED) is 0.376. The predicted octanol–water partition coefficient (Wildman–Crippen LogP) is 5.90. The summed E-state index contributed by atoms with van der Waals surface area (Å²) >= 11 is 0. The molecule has 1 aromatic heterocycles. The van der Waals surface area contributed by atoms with Gasteiger partial charge in [0.15, 0.2) is 0 Å². The third-order valence-corrected chi connectivity index (χ3v) is 6.05. The smallest absolute Gasteiger partial charge is 0.361 e. The normalized spacial score (nSPS) is 11.9. The topological polar surface area (TPSA) is 56.4 Å². The van der Waals surface area contributed by atoms with Gasteiger partial charge in [0.25, 0.3) is 0 Å². The number of alkyl halides is 3. The third-order valence-electron chi connectivity index (χ3n) is 6.05. The van der Waals surface area contributed by atoms with Gasteiger partial charge in [-0.2, -0.15) is 13.2 Å². The van der Waals surface area contributed by atoms with Crippen molar-refractivity contribution in [3.05, 3.63) is 71.4 Å². The lowest BCUT2D eigenvalue weighted by molar-refractivity contribution is -0.143. The second-order valence-corrected chi connectivity index (χ2v) is 9.89. The first-order valence-electron chi connectivity index (χ1n) is 12.2. The summed E-state index contributed by atoms with van der Waals surface area (Å²) in [4.78, 5) is 32.7. The van der Waals surface area contributed by atoms with Crippen molar-refractivity contribution in [2.45, 2.75) is 46.8 Å². The maximum absolute atomic E-state index is 13.5. The number of aromatic nitrogens is 1. The molecule has 0 saturated carbocycles. The van der Waals surface area contributed by atoms with Gasteiger partial charge in [0.05, 0.1) is 12.1 Å². The van der Waals surface area contributed by atoms with Crippen LogP contribution in [-0.2, 0) is 28.7 Å². The van der Waals surface area contributed by atoms with Gasteiger partial charge < -0.3 is 14.8 Å². The van der Waals surface area contributed by atoms with Crippen molar-refractivity contribution in [1.29, 1.82) is 0 Å². The first-order valence-corrected chi connectivity index (χ1v) is 12.2. The molecule has 1 heterocycles. The number of hydrogen-bond acceptors (Lipinski definition) is 2. The zero-order valence-electron chi connectivity index (χ0n) is 21.2. The zero-order chi connectivity index (χ0) is 26.5. The second kappa shape index (κ2) is 11.6. The van der Waals surface area contributed by atoms with Crippen LogP contribution in [0.5, 0.6) is 0 Å². The van der Waals surface area contributed by atoms with Crippen molar-refractivity contribution < 1.29 is 22.8 Å². The number of nitrogens with one attached hydrogen (secondary N) is 1. The van der Waals surface area contributed by atoms with Crippen LogP contribution in [-0.4, -0.2) is 46.2 Å². The number of carbonyl (C=O) groups excluding carboxylic acids is 2. The van der Waals surface area contributed by atoms with Crippen LogP contribution < -0.4 is 0 Å². The molecule has 0 fully saturated rings. The molecule has 0 radical (unpaired) electrons. The Morgan fingerprint density at radius 2 is 1.61 bits per heavy atom. The Morgan fingerprint density at radius 3 is 2.22 bits per heavy atom. The highest BCUT2D eigenvalue weighted by molar-refractivity contribution is 5.86. The summed E-state index contributed by atoms with van der Waals surface area (Å²) in [6, 6.07) is 12.8. The van der Waals surface area contributed by atoms with E-state index >= 15 is 0 Å². The van der Waals surface area contributed by atoms with Crippen molar-refractivity contribution >= 4 is 22.7 Å². The molecule has 0 unspecified atom stereocenters. The number of H-pyrrole nitrogens is 1. The summed E-state index contributed by atoms with van der Waals surface area (Å²) in [5, 5.41) is 1.07. The zero-order valence-corrected chi connectivity index (χ0v) is 21.2. The van der Waals surface area contributed by atoms with Gasteiger partial charge in [-0.3, -0.25) is 9.59 Å². The number of fused-ring (bicyclic) bond motifs is 1. The van der Waals surface area contributed by atoms with Crippen LogP contribution in [0.2, 0.25) is 0 Å². The molecular formula is C28H34F3N3O2. The Bertz CT molecular complexity index is 1170. The van der Waals surface area contributed by atoms with Gasteiger partial charge in [-0.25, -0.2) is 0 Å². The molecular weight excluding hydrogens is 467 g/mol. The number of halogens is 3. The van der Waals surface area contributed by atoms with E-state index in [1.807, 2.05) is 44.3 Å². The van der Waals surface area contributed by atoms with Crippen molar-refractivity contribution in [3.8, 4) is 0 Å². The molecule has 194 valence electrons. The molecule has 0 aliphatic heterocycles. The molecule has 36 heavy (non-hydrogen) atoms. The Kier molecular flexibility index (Phi) is 8.82. The number of aromatic amines is 1. The summed E-state index contributed by atoms with van der Waals surface area (Å²) < 4.78 is 39.0. The number of rotatable bonds is 10. The average Bonchev–Trinajstić information content (AvgIpc) is 3.23. The van der Waals surface area contributed by atoms with Gasteiger partial charge in [-0.1, -0.05) is 58.0 Å². The van der Waals surface area contributed by atoms with Gasteiger partial charge in [0.2, 0.25) is 11.8 Å². The van der Waals surface area contributed by atoms with E-state index in [2.05, 4.69) is 4.98 Å². The molecule has 2 aromatic carbocycles. The highest BCUT2D eigenvalue weighted by Crippen LogP contribution is 2.29. The molecule has 3 aromatic rings. The van der Waals surface area contributed by atoms with E-state index in [1.165, 1.54) is 12.1 Å². The molecule has 2 amide bonds. The third kappa shape index (κ3) is 7.12. The molecule has 0 spiro atoms. The first kappa shape index (κ1) is 27.3. The van der Waals surface area contributed by atoms with Gasteiger partial charge >= 0.3 is 6.18 Å². The molecule has 1 N–H and O–H groups in total. The minimum atomic E-state index is -4.42. The largest absolute Gasteiger partial charge is 0.416 e. The highest BCUT2D eigenvalue weighted by Gasteiger charge is 2.30. The summed E-state index contributed by atoms with van der Waals surface area (Å²) in [5.41, 5.74) is 1.92. The monoisotopic (exact) mass is 501 g/mol. The number of nitrogens with zero attached hydrogens (tertiary/aromatic N) is 2. The van der Waals surface area contributed by atoms with Crippen LogP contribution in [0, 0.1) is 11.8 Å². The molecule has 0 saturated heterocycles. The van der Waals surface area contributed by atoms with E-state index in [1.54, 1.807) is 23.6 Å². The van der Waals surface area contributed by atoms with Crippen LogP contribution in [0.1, 0.15) is 44.4 Å². The summed E-state index contributed by atoms with van der Waals surface area (Å²) in [5.74, 6) is -0.381. The van der Waals surface area contributed by atoms with E-state index in [4.69, 9.17) is 0 Å². The summed E-state index contributed by atoms with van der Waals surface area (Å²) in [7, 11) is 0. The fourth-order valence-corrected chi connectivity index (χ4v) is 4.21. The number of benzene rings is 2. The van der Waals surface area contributed by atoms with Crippen LogP contribution in [0.4, 0.5) is 13.2 Å². The number of hydrogen-bond donors (Lipinski definition) is 1. The fourth-order valence-electron chi connectivity index (χ4n) is 4.21. The van der Waals surface area contributed by atoms with Crippen molar-refractivity contribution in [3.63, 3.8) is 0 Å². The van der Waals surface area contributed by atoms with Crippen molar-refractivity contribution in [2.24, 2.45) is 11.8 Å². The van der Waals surface area contributed by atoms with Gasteiger partial charge in [-0.15, -0.1) is 0 Å². The van der Waals surface area contributed by atoms with Crippen LogP contribution >= 0.6 is 0 Å². The van der Waals surface area contributed by atoms with E-state index in [9.17, 15) is 22.8 Å². The maximum Gasteiger partial charge on any atom is 0.416 e. The maximum atomic E-state index is 13.5. The molecule has 0 atom stereocenters. The Labute approximate surface area is 210 Å². The van der Waals surface area contributed by atoms with Gasteiger partial charge in [-0.05, 0) is 41.7 Å². The first-order chi connectivity index (χ1) is 17.0. The predicted molar refractivity (Wildman–Crippen MR) is 135 cm³/mol. The number of para-hydroxylation sites is 1. The summed E-state index contributed by atoms with van der Waals surface area (Å²) in [6.07, 6.45) is -1.94. The van der Waals surface area contributed by atoms with Gasteiger partial charge in [0, 0.05) is 42.7 Å². The van der Waals surface area contributed by atoms with E-state index in [0.717, 1.165) is 28.6 Å². The van der Waals surface area contributed by atoms with Crippen molar-refractivity contribution in [1.82, 2.24) is 14.8 Å². The highest BCUT2D eigenvalue weighted by atomic mass is 19.4. The number of amides is 2. The van der Waals surface area contributed by atoms with Gasteiger partial charge in [0.1, 0.15) is 0 Å². The second-order valence-electron chi connectivity index (χ2n) is 9.89. The Morgan fingerprint density at radius 1 is 0.944 bits per heavy atom. The lowest BCUT2D eigenvalue weighted by Crippen LogP contribution is -2.45. The molecule has 8 heteroatoms. The van der Waals surface area contributed by atoms with Crippen LogP contribution in [0.25, 0.3) is 10.9 Å². The lowest BCUT2D eigenvalue weighted by Gasteiger charge is -2.30. The Balaban J connectivity index is 1.82. The molecule has 0 bridgehead atoms. The van der Waals surface area contributed by atoms with Crippen LogP contribution in [0.15, 0.2) is 54.7 Å². The van der Waals surface area contributed by atoms with Crippen LogP contribution in [0.3, 0.4) is 0 Å². The summed E-state index contributed by atoms with van der Waals surface area (Å²) in [6.45, 7) is 8.50. The minimum absolute atomic E-state index is 0.0658. The molecule has 5 nitrogen and oxygen atoms in total. The average molecular weight is 502 g/mol. The van der Waals surface area contributed by atoms with E-state index < -0.39 is 11.7 Å². The van der Waals surface area contributed by atoms with E-state index in [-0.39, 0.29) is 36.7 Å². The number of carbonyl (C=O) groups is 2. The molecule has 3 rings (SSSR count).